The zero-order valence-corrected chi connectivity index (χ0v) is 11.9. The first-order valence-electron chi connectivity index (χ1n) is 6.74. The first-order chi connectivity index (χ1) is 9.06. The quantitative estimate of drug-likeness (QED) is 0.660. The van der Waals surface area contributed by atoms with Crippen LogP contribution in [-0.4, -0.2) is 0 Å². The van der Waals surface area contributed by atoms with Gasteiger partial charge in [0.2, 0.25) is 0 Å². The summed E-state index contributed by atoms with van der Waals surface area (Å²) in [5.74, 6) is 6.68. The molecule has 0 saturated heterocycles. The monoisotopic (exact) mass is 254 g/mol. The minimum absolute atomic E-state index is 0.553. The maximum Gasteiger partial charge on any atom is 0.0592 e. The third kappa shape index (κ3) is 3.58. The Balaban J connectivity index is 2.07. The molecule has 2 N–H and O–H groups in total. The molecule has 0 heterocycles. The van der Waals surface area contributed by atoms with Crippen LogP contribution in [0.2, 0.25) is 0 Å². The number of anilines is 1. The van der Waals surface area contributed by atoms with E-state index in [-0.39, 0.29) is 0 Å². The van der Waals surface area contributed by atoms with E-state index >= 15 is 0 Å². The molecule has 2 heteroatoms. The fourth-order valence-corrected chi connectivity index (χ4v) is 2.03. The Hall–Kier alpha value is -1.80. The summed E-state index contributed by atoms with van der Waals surface area (Å²) in [5.41, 5.74) is 4.88. The van der Waals surface area contributed by atoms with Gasteiger partial charge in [0.05, 0.1) is 12.2 Å². The highest BCUT2D eigenvalue weighted by Crippen LogP contribution is 2.19. The molecule has 100 valence electrons. The highest BCUT2D eigenvalue weighted by Gasteiger charge is 2.04. The third-order valence-corrected chi connectivity index (χ3v) is 3.36. The molecule has 0 amide bonds. The number of benzene rings is 2. The molecule has 0 fully saturated rings. The minimum atomic E-state index is 0.553. The van der Waals surface area contributed by atoms with Crippen molar-refractivity contribution < 1.29 is 0 Å². The van der Waals surface area contributed by atoms with Crippen molar-refractivity contribution >= 4 is 5.69 Å². The van der Waals surface area contributed by atoms with E-state index in [1.54, 1.807) is 5.01 Å². The Morgan fingerprint density at radius 1 is 0.947 bits per heavy atom. The van der Waals surface area contributed by atoms with Crippen molar-refractivity contribution in [1.82, 2.24) is 0 Å². The van der Waals surface area contributed by atoms with Crippen molar-refractivity contribution in [2.24, 2.45) is 5.84 Å². The Labute approximate surface area is 115 Å². The minimum Gasteiger partial charge on any atom is -0.307 e. The van der Waals surface area contributed by atoms with E-state index in [9.17, 15) is 0 Å². The molecular formula is C17H22N2. The van der Waals surface area contributed by atoms with Crippen molar-refractivity contribution in [3.63, 3.8) is 0 Å². The van der Waals surface area contributed by atoms with Crippen molar-refractivity contribution in [1.29, 1.82) is 0 Å². The number of nitrogens with two attached hydrogens (primary N) is 1. The lowest BCUT2D eigenvalue weighted by atomic mass is 10.0. The van der Waals surface area contributed by atoms with Gasteiger partial charge in [0.25, 0.3) is 0 Å². The molecule has 0 atom stereocenters. The molecule has 2 aromatic carbocycles. The standard InChI is InChI=1S/C17H22N2/c1-13(2)16-8-10-17(11-9-16)19(18)12-15-6-4-14(3)5-7-15/h4-11,13H,12,18H2,1-3H3. The van der Waals surface area contributed by atoms with Gasteiger partial charge in [-0.2, -0.15) is 0 Å². The molecule has 19 heavy (non-hydrogen) atoms. The van der Waals surface area contributed by atoms with Crippen LogP contribution in [0.3, 0.4) is 0 Å². The molecule has 2 nitrogen and oxygen atoms in total. The number of nitrogens with zero attached hydrogens (tertiary/aromatic N) is 1. The molecule has 0 saturated carbocycles. The molecule has 2 aromatic rings. The van der Waals surface area contributed by atoms with Gasteiger partial charge in [-0.1, -0.05) is 55.8 Å². The van der Waals surface area contributed by atoms with E-state index < -0.39 is 0 Å². The smallest absolute Gasteiger partial charge is 0.0592 e. The number of hydrazine groups is 1. The molecule has 0 aromatic heterocycles. The maximum atomic E-state index is 6.12. The van der Waals surface area contributed by atoms with E-state index in [1.165, 1.54) is 16.7 Å². The van der Waals surface area contributed by atoms with E-state index in [0.717, 1.165) is 12.2 Å². The zero-order valence-electron chi connectivity index (χ0n) is 11.9. The summed E-state index contributed by atoms with van der Waals surface area (Å²) in [6.07, 6.45) is 0. The molecule has 0 aliphatic carbocycles. The Bertz CT molecular complexity index is 512. The predicted octanol–water partition coefficient (Wildman–Crippen LogP) is 4.00. The van der Waals surface area contributed by atoms with Gasteiger partial charge in [0.1, 0.15) is 0 Å². The first kappa shape index (κ1) is 13.6. The average Bonchev–Trinajstić information content (AvgIpc) is 2.41. The summed E-state index contributed by atoms with van der Waals surface area (Å²) < 4.78 is 0. The summed E-state index contributed by atoms with van der Waals surface area (Å²) >= 11 is 0. The lowest BCUT2D eigenvalue weighted by molar-refractivity contribution is 0.843. The third-order valence-electron chi connectivity index (χ3n) is 3.36. The van der Waals surface area contributed by atoms with Gasteiger partial charge in [-0.25, -0.2) is 5.84 Å². The van der Waals surface area contributed by atoms with Crippen LogP contribution < -0.4 is 10.9 Å². The lowest BCUT2D eigenvalue weighted by Crippen LogP contribution is -2.29. The van der Waals surface area contributed by atoms with E-state index in [4.69, 9.17) is 5.84 Å². The molecule has 0 aliphatic heterocycles. The Kier molecular flexibility index (Phi) is 4.23. The van der Waals surface area contributed by atoms with Gasteiger partial charge in [0, 0.05) is 0 Å². The van der Waals surface area contributed by atoms with Crippen molar-refractivity contribution in [2.75, 3.05) is 5.01 Å². The Morgan fingerprint density at radius 3 is 2.05 bits per heavy atom. The van der Waals surface area contributed by atoms with Crippen molar-refractivity contribution in [3.8, 4) is 0 Å². The van der Waals surface area contributed by atoms with Gasteiger partial charge >= 0.3 is 0 Å². The van der Waals surface area contributed by atoms with Gasteiger partial charge in [-0.15, -0.1) is 0 Å². The summed E-state index contributed by atoms with van der Waals surface area (Å²) in [4.78, 5) is 0. The van der Waals surface area contributed by atoms with Crippen LogP contribution in [0.1, 0.15) is 36.5 Å². The van der Waals surface area contributed by atoms with Crippen LogP contribution in [-0.2, 0) is 6.54 Å². The van der Waals surface area contributed by atoms with Crippen LogP contribution in [0.15, 0.2) is 48.5 Å². The molecule has 0 unspecified atom stereocenters. The molecule has 0 aliphatic rings. The fourth-order valence-electron chi connectivity index (χ4n) is 2.03. The molecule has 0 radical (unpaired) electrons. The molecule has 0 bridgehead atoms. The topological polar surface area (TPSA) is 29.3 Å². The number of hydrogen-bond acceptors (Lipinski definition) is 2. The van der Waals surface area contributed by atoms with Crippen LogP contribution in [0.25, 0.3) is 0 Å². The number of aryl methyl sites for hydroxylation is 1. The van der Waals surface area contributed by atoms with Gasteiger partial charge in [-0.3, -0.25) is 0 Å². The second-order valence-corrected chi connectivity index (χ2v) is 5.36. The van der Waals surface area contributed by atoms with Gasteiger partial charge in [-0.05, 0) is 36.1 Å². The second-order valence-electron chi connectivity index (χ2n) is 5.36. The average molecular weight is 254 g/mol. The van der Waals surface area contributed by atoms with E-state index in [0.29, 0.717) is 5.92 Å². The summed E-state index contributed by atoms with van der Waals surface area (Å²) in [6.45, 7) is 7.21. The summed E-state index contributed by atoms with van der Waals surface area (Å²) in [5, 5.41) is 1.79. The van der Waals surface area contributed by atoms with Crippen LogP contribution in [0, 0.1) is 6.92 Å². The van der Waals surface area contributed by atoms with Crippen molar-refractivity contribution in [3.05, 3.63) is 65.2 Å². The largest absolute Gasteiger partial charge is 0.307 e. The predicted molar refractivity (Wildman–Crippen MR) is 82.1 cm³/mol. The number of rotatable bonds is 4. The molecule has 0 spiro atoms. The van der Waals surface area contributed by atoms with E-state index in [1.807, 2.05) is 0 Å². The van der Waals surface area contributed by atoms with Crippen molar-refractivity contribution in [2.45, 2.75) is 33.2 Å². The number of hydrogen-bond donors (Lipinski definition) is 1. The van der Waals surface area contributed by atoms with Crippen LogP contribution >= 0.6 is 0 Å². The van der Waals surface area contributed by atoms with Gasteiger partial charge in [0.15, 0.2) is 0 Å². The first-order valence-corrected chi connectivity index (χ1v) is 6.74. The molecule has 2 rings (SSSR count). The second kappa shape index (κ2) is 5.89. The fraction of sp³-hybridized carbons (Fsp3) is 0.294. The van der Waals surface area contributed by atoms with Gasteiger partial charge < -0.3 is 5.01 Å². The highest BCUT2D eigenvalue weighted by atomic mass is 15.4. The summed E-state index contributed by atoms with van der Waals surface area (Å²) in [6, 6.07) is 16.9. The maximum absolute atomic E-state index is 6.12. The Morgan fingerprint density at radius 2 is 1.53 bits per heavy atom. The molecular weight excluding hydrogens is 232 g/mol. The van der Waals surface area contributed by atoms with E-state index in [2.05, 4.69) is 69.3 Å². The zero-order chi connectivity index (χ0) is 13.8. The van der Waals surface area contributed by atoms with Crippen LogP contribution in [0.4, 0.5) is 5.69 Å². The van der Waals surface area contributed by atoms with Crippen LogP contribution in [0.5, 0.6) is 0 Å². The highest BCUT2D eigenvalue weighted by molar-refractivity contribution is 5.47. The normalized spacial score (nSPS) is 10.8. The lowest BCUT2D eigenvalue weighted by Gasteiger charge is -2.19. The SMILES string of the molecule is Cc1ccc(CN(N)c2ccc(C(C)C)cc2)cc1. The summed E-state index contributed by atoms with van der Waals surface area (Å²) in [7, 11) is 0.